The Kier molecular flexibility index (Phi) is 2.41. The summed E-state index contributed by atoms with van der Waals surface area (Å²) in [6.07, 6.45) is 0.553. The zero-order valence-electron chi connectivity index (χ0n) is 8.14. The fraction of sp³-hybridized carbons (Fsp3) is 0.273. The zero-order chi connectivity index (χ0) is 10.8. The summed E-state index contributed by atoms with van der Waals surface area (Å²) in [6.45, 7) is 1.07. The number of hydrogen-bond donors (Lipinski definition) is 1. The van der Waals surface area contributed by atoms with Crippen molar-refractivity contribution >= 4 is 17.4 Å². The highest BCUT2D eigenvalue weighted by Crippen LogP contribution is 2.19. The predicted molar refractivity (Wildman–Crippen MR) is 55.2 cm³/mol. The first kappa shape index (κ1) is 9.71. The van der Waals surface area contributed by atoms with Gasteiger partial charge in [0.15, 0.2) is 5.78 Å². The maximum Gasteiger partial charge on any atom is 0.335 e. The molecule has 0 unspecified atom stereocenters. The lowest BCUT2D eigenvalue weighted by molar-refractivity contribution is -0.116. The van der Waals surface area contributed by atoms with E-state index in [9.17, 15) is 9.59 Å². The number of anilines is 1. The minimum Gasteiger partial charge on any atom is -0.478 e. The molecule has 1 aromatic carbocycles. The van der Waals surface area contributed by atoms with Gasteiger partial charge in [-0.15, -0.1) is 0 Å². The first-order valence-electron chi connectivity index (χ1n) is 4.77. The van der Waals surface area contributed by atoms with Crippen LogP contribution in [0.1, 0.15) is 16.8 Å². The summed E-state index contributed by atoms with van der Waals surface area (Å²) in [5.41, 5.74) is 1.06. The Hall–Kier alpha value is -1.84. The van der Waals surface area contributed by atoms with Crippen LogP contribution < -0.4 is 4.90 Å². The number of hydrogen-bond acceptors (Lipinski definition) is 3. The van der Waals surface area contributed by atoms with Gasteiger partial charge in [0.05, 0.1) is 12.1 Å². The van der Waals surface area contributed by atoms with E-state index in [1.807, 2.05) is 11.0 Å². The highest BCUT2D eigenvalue weighted by molar-refractivity contribution is 5.90. The maximum atomic E-state index is 11.1. The largest absolute Gasteiger partial charge is 0.478 e. The van der Waals surface area contributed by atoms with Crippen LogP contribution in [0, 0.1) is 0 Å². The highest BCUT2D eigenvalue weighted by Gasteiger charge is 2.19. The second-order valence-corrected chi connectivity index (χ2v) is 3.57. The number of rotatable bonds is 2. The zero-order valence-corrected chi connectivity index (χ0v) is 8.14. The second kappa shape index (κ2) is 3.73. The van der Waals surface area contributed by atoms with Crippen LogP contribution in [0.4, 0.5) is 5.69 Å². The van der Waals surface area contributed by atoms with Gasteiger partial charge in [0.2, 0.25) is 0 Å². The highest BCUT2D eigenvalue weighted by atomic mass is 16.4. The van der Waals surface area contributed by atoms with E-state index in [-0.39, 0.29) is 11.3 Å². The fourth-order valence-electron chi connectivity index (χ4n) is 1.69. The van der Waals surface area contributed by atoms with Gasteiger partial charge in [-0.2, -0.15) is 0 Å². The number of nitrogens with zero attached hydrogens (tertiary/aromatic N) is 1. The average molecular weight is 205 g/mol. The number of carboxylic acid groups (broad SMARTS) is 1. The molecule has 0 aliphatic carbocycles. The summed E-state index contributed by atoms with van der Waals surface area (Å²) in [7, 11) is 0. The van der Waals surface area contributed by atoms with Crippen molar-refractivity contribution in [2.24, 2.45) is 0 Å². The number of carbonyl (C=O) groups excluding carboxylic acids is 1. The lowest BCUT2D eigenvalue weighted by Gasteiger charge is -2.16. The molecule has 1 heterocycles. The van der Waals surface area contributed by atoms with Gasteiger partial charge in [-0.05, 0) is 18.2 Å². The Morgan fingerprint density at radius 2 is 2.20 bits per heavy atom. The van der Waals surface area contributed by atoms with Crippen LogP contribution in [0.25, 0.3) is 0 Å². The van der Waals surface area contributed by atoms with Gasteiger partial charge < -0.3 is 10.0 Å². The number of carboxylic acids is 1. The molecule has 1 aliphatic rings. The number of ketones is 1. The van der Waals surface area contributed by atoms with E-state index in [0.29, 0.717) is 19.5 Å². The van der Waals surface area contributed by atoms with Crippen molar-refractivity contribution in [3.63, 3.8) is 0 Å². The SMILES string of the molecule is O=C1CCN(c2cccc(C(=O)O)c2)C1. The number of Topliss-reactive ketones (excluding diaryl/α,β-unsaturated/α-hetero) is 1. The van der Waals surface area contributed by atoms with Gasteiger partial charge in [-0.1, -0.05) is 6.07 Å². The van der Waals surface area contributed by atoms with Crippen molar-refractivity contribution in [1.82, 2.24) is 0 Å². The van der Waals surface area contributed by atoms with Crippen molar-refractivity contribution in [3.8, 4) is 0 Å². The summed E-state index contributed by atoms with van der Waals surface area (Å²) < 4.78 is 0. The van der Waals surface area contributed by atoms with E-state index < -0.39 is 5.97 Å². The number of carbonyl (C=O) groups is 2. The van der Waals surface area contributed by atoms with Gasteiger partial charge in [0, 0.05) is 18.7 Å². The van der Waals surface area contributed by atoms with Crippen LogP contribution in [-0.2, 0) is 4.79 Å². The molecule has 78 valence electrons. The normalized spacial score (nSPS) is 15.7. The van der Waals surface area contributed by atoms with E-state index in [4.69, 9.17) is 5.11 Å². The van der Waals surface area contributed by atoms with E-state index in [0.717, 1.165) is 5.69 Å². The van der Waals surface area contributed by atoms with Crippen LogP contribution in [0.15, 0.2) is 24.3 Å². The molecule has 1 fully saturated rings. The van der Waals surface area contributed by atoms with E-state index in [1.165, 1.54) is 0 Å². The van der Waals surface area contributed by atoms with Gasteiger partial charge in [0.1, 0.15) is 0 Å². The molecule has 0 amide bonds. The molecule has 0 aromatic heterocycles. The van der Waals surface area contributed by atoms with E-state index in [2.05, 4.69) is 0 Å². The Morgan fingerprint density at radius 3 is 2.80 bits per heavy atom. The molecule has 4 nitrogen and oxygen atoms in total. The first-order valence-corrected chi connectivity index (χ1v) is 4.77. The van der Waals surface area contributed by atoms with Gasteiger partial charge in [-0.3, -0.25) is 4.79 Å². The van der Waals surface area contributed by atoms with Crippen molar-refractivity contribution < 1.29 is 14.7 Å². The molecule has 15 heavy (non-hydrogen) atoms. The molecule has 1 aromatic rings. The van der Waals surface area contributed by atoms with Crippen LogP contribution in [0.5, 0.6) is 0 Å². The Morgan fingerprint density at radius 1 is 1.40 bits per heavy atom. The third kappa shape index (κ3) is 1.98. The number of benzene rings is 1. The fourth-order valence-corrected chi connectivity index (χ4v) is 1.69. The molecule has 4 heteroatoms. The van der Waals surface area contributed by atoms with Gasteiger partial charge in [-0.25, -0.2) is 4.79 Å². The van der Waals surface area contributed by atoms with Crippen LogP contribution in [-0.4, -0.2) is 29.9 Å². The van der Waals surface area contributed by atoms with Crippen LogP contribution in [0.3, 0.4) is 0 Å². The molecule has 0 atom stereocenters. The van der Waals surface area contributed by atoms with Crippen molar-refractivity contribution in [2.75, 3.05) is 18.0 Å². The third-order valence-corrected chi connectivity index (χ3v) is 2.49. The standard InChI is InChI=1S/C11H11NO3/c13-10-4-5-12(7-10)9-3-1-2-8(6-9)11(14)15/h1-3,6H,4-5,7H2,(H,14,15). The summed E-state index contributed by atoms with van der Waals surface area (Å²) >= 11 is 0. The van der Waals surface area contributed by atoms with Crippen molar-refractivity contribution in [3.05, 3.63) is 29.8 Å². The predicted octanol–water partition coefficient (Wildman–Crippen LogP) is 1.16. The molecular weight excluding hydrogens is 194 g/mol. The van der Waals surface area contributed by atoms with Crippen LogP contribution in [0.2, 0.25) is 0 Å². The van der Waals surface area contributed by atoms with E-state index in [1.54, 1.807) is 18.2 Å². The quantitative estimate of drug-likeness (QED) is 0.787. The van der Waals surface area contributed by atoms with Crippen LogP contribution >= 0.6 is 0 Å². The summed E-state index contributed by atoms with van der Waals surface area (Å²) in [5.74, 6) is -0.738. The molecule has 1 N–H and O–H groups in total. The second-order valence-electron chi connectivity index (χ2n) is 3.57. The lowest BCUT2D eigenvalue weighted by Crippen LogP contribution is -2.19. The molecular formula is C11H11NO3. The van der Waals surface area contributed by atoms with E-state index >= 15 is 0 Å². The Balaban J connectivity index is 2.25. The minimum atomic E-state index is -0.942. The molecule has 0 bridgehead atoms. The average Bonchev–Trinajstić information content (AvgIpc) is 2.65. The smallest absolute Gasteiger partial charge is 0.335 e. The minimum absolute atomic E-state index is 0.204. The van der Waals surface area contributed by atoms with Gasteiger partial charge >= 0.3 is 5.97 Å². The first-order chi connectivity index (χ1) is 7.16. The topological polar surface area (TPSA) is 57.6 Å². The Labute approximate surface area is 87.1 Å². The lowest BCUT2D eigenvalue weighted by atomic mass is 10.2. The molecule has 0 spiro atoms. The monoisotopic (exact) mass is 205 g/mol. The molecule has 0 saturated carbocycles. The molecule has 1 saturated heterocycles. The third-order valence-electron chi connectivity index (χ3n) is 2.49. The van der Waals surface area contributed by atoms with Crippen molar-refractivity contribution in [1.29, 1.82) is 0 Å². The summed E-state index contributed by atoms with van der Waals surface area (Å²) in [4.78, 5) is 23.7. The van der Waals surface area contributed by atoms with Gasteiger partial charge in [0.25, 0.3) is 0 Å². The molecule has 0 radical (unpaired) electrons. The summed E-state index contributed by atoms with van der Waals surface area (Å²) in [6, 6.07) is 6.66. The molecule has 1 aliphatic heterocycles. The molecule has 2 rings (SSSR count). The Bertz CT molecular complexity index is 414. The van der Waals surface area contributed by atoms with Crippen molar-refractivity contribution in [2.45, 2.75) is 6.42 Å². The maximum absolute atomic E-state index is 11.1. The summed E-state index contributed by atoms with van der Waals surface area (Å²) in [5, 5.41) is 8.82. The number of aromatic carboxylic acids is 1.